The second kappa shape index (κ2) is 4.63. The highest BCUT2D eigenvalue weighted by Crippen LogP contribution is 2.33. The summed E-state index contributed by atoms with van der Waals surface area (Å²) in [4.78, 5) is 5.60. The van der Waals surface area contributed by atoms with E-state index in [1.165, 1.54) is 11.3 Å². The first-order valence-electron chi connectivity index (χ1n) is 6.11. The quantitative estimate of drug-likeness (QED) is 0.887. The first-order valence-corrected chi connectivity index (χ1v) is 6.99. The zero-order valence-corrected chi connectivity index (χ0v) is 10.4. The van der Waals surface area contributed by atoms with Gasteiger partial charge in [0, 0.05) is 12.4 Å². The lowest BCUT2D eigenvalue weighted by molar-refractivity contribution is 0.0762. The van der Waals surface area contributed by atoms with Crippen molar-refractivity contribution in [1.29, 1.82) is 0 Å². The fourth-order valence-electron chi connectivity index (χ4n) is 2.59. The van der Waals surface area contributed by atoms with Crippen LogP contribution < -0.4 is 0 Å². The molecule has 0 aliphatic heterocycles. The van der Waals surface area contributed by atoms with Crippen molar-refractivity contribution in [1.82, 2.24) is 9.55 Å². The second-order valence-electron chi connectivity index (χ2n) is 4.55. The van der Waals surface area contributed by atoms with Crippen molar-refractivity contribution in [3.8, 4) is 10.7 Å². The lowest BCUT2D eigenvalue weighted by atomic mass is 9.92. The Kier molecular flexibility index (Phi) is 2.99. The summed E-state index contributed by atoms with van der Waals surface area (Å²) >= 11 is 1.70. The number of hydrogen-bond donors (Lipinski definition) is 1. The summed E-state index contributed by atoms with van der Waals surface area (Å²) in [6.07, 6.45) is 7.90. The second-order valence-corrected chi connectivity index (χ2v) is 5.50. The van der Waals surface area contributed by atoms with Gasteiger partial charge in [-0.3, -0.25) is 0 Å². The van der Waals surface area contributed by atoms with Crippen molar-refractivity contribution in [3.63, 3.8) is 0 Å². The largest absolute Gasteiger partial charge is 0.391 e. The van der Waals surface area contributed by atoms with Crippen molar-refractivity contribution in [3.05, 3.63) is 29.9 Å². The Labute approximate surface area is 105 Å². The fraction of sp³-hybridized carbons (Fsp3) is 0.462. The summed E-state index contributed by atoms with van der Waals surface area (Å²) in [7, 11) is 0. The Morgan fingerprint density at radius 2 is 2.24 bits per heavy atom. The molecule has 1 aliphatic rings. The molecule has 0 aromatic carbocycles. The summed E-state index contributed by atoms with van der Waals surface area (Å²) in [5.41, 5.74) is 0. The smallest absolute Gasteiger partial charge is 0.150 e. The summed E-state index contributed by atoms with van der Waals surface area (Å²) in [6, 6.07) is 4.32. The summed E-state index contributed by atoms with van der Waals surface area (Å²) < 4.78 is 2.15. The van der Waals surface area contributed by atoms with Crippen LogP contribution in [-0.2, 0) is 0 Å². The maximum absolute atomic E-state index is 10.1. The maximum Gasteiger partial charge on any atom is 0.150 e. The van der Waals surface area contributed by atoms with Gasteiger partial charge < -0.3 is 9.67 Å². The number of thiophene rings is 1. The van der Waals surface area contributed by atoms with Crippen LogP contribution in [0, 0.1) is 0 Å². The van der Waals surface area contributed by atoms with Crippen LogP contribution in [0.25, 0.3) is 10.7 Å². The minimum atomic E-state index is -0.225. The molecule has 2 atom stereocenters. The average Bonchev–Trinajstić information content (AvgIpc) is 3.00. The maximum atomic E-state index is 10.1. The van der Waals surface area contributed by atoms with Gasteiger partial charge in [0.1, 0.15) is 5.82 Å². The lowest BCUT2D eigenvalue weighted by Gasteiger charge is -2.29. The van der Waals surface area contributed by atoms with Gasteiger partial charge in [0.2, 0.25) is 0 Å². The normalized spacial score (nSPS) is 25.0. The SMILES string of the molecule is O[C@@H]1CCCC[C@H]1n1ccnc1-c1cccs1. The van der Waals surface area contributed by atoms with Crippen molar-refractivity contribution >= 4 is 11.3 Å². The minimum absolute atomic E-state index is 0.198. The fourth-order valence-corrected chi connectivity index (χ4v) is 3.32. The van der Waals surface area contributed by atoms with Gasteiger partial charge in [0.15, 0.2) is 0 Å². The molecular weight excluding hydrogens is 232 g/mol. The van der Waals surface area contributed by atoms with Gasteiger partial charge in [-0.25, -0.2) is 4.98 Å². The molecule has 1 N–H and O–H groups in total. The third kappa shape index (κ3) is 2.03. The monoisotopic (exact) mass is 248 g/mol. The summed E-state index contributed by atoms with van der Waals surface area (Å²) in [5, 5.41) is 12.2. The predicted octanol–water partition coefficient (Wildman–Crippen LogP) is 3.09. The highest BCUT2D eigenvalue weighted by atomic mass is 32.1. The molecule has 0 bridgehead atoms. The molecule has 1 fully saturated rings. The highest BCUT2D eigenvalue weighted by Gasteiger charge is 2.26. The van der Waals surface area contributed by atoms with Crippen molar-refractivity contribution in [2.45, 2.75) is 37.8 Å². The standard InChI is InChI=1S/C13H16N2OS/c16-11-5-2-1-4-10(11)15-8-7-14-13(15)12-6-3-9-17-12/h3,6-11,16H,1-2,4-5H2/t10-,11-/m1/s1. The third-order valence-electron chi connectivity index (χ3n) is 3.46. The Bertz CT molecular complexity index is 477. The first kappa shape index (κ1) is 11.0. The molecule has 3 rings (SSSR count). The van der Waals surface area contributed by atoms with E-state index in [0.29, 0.717) is 0 Å². The average molecular weight is 248 g/mol. The Morgan fingerprint density at radius 1 is 1.35 bits per heavy atom. The van der Waals surface area contributed by atoms with Crippen LogP contribution in [0.5, 0.6) is 0 Å². The van der Waals surface area contributed by atoms with Crippen LogP contribution in [0.1, 0.15) is 31.7 Å². The van der Waals surface area contributed by atoms with E-state index in [0.717, 1.165) is 25.1 Å². The number of rotatable bonds is 2. The number of aliphatic hydroxyl groups excluding tert-OH is 1. The van der Waals surface area contributed by atoms with E-state index in [1.807, 2.05) is 18.5 Å². The zero-order valence-electron chi connectivity index (χ0n) is 9.62. The Hall–Kier alpha value is -1.13. The van der Waals surface area contributed by atoms with Gasteiger partial charge in [-0.15, -0.1) is 11.3 Å². The minimum Gasteiger partial charge on any atom is -0.391 e. The van der Waals surface area contributed by atoms with Gasteiger partial charge in [0.05, 0.1) is 17.0 Å². The summed E-state index contributed by atoms with van der Waals surface area (Å²) in [6.45, 7) is 0. The molecule has 2 heterocycles. The molecule has 0 amide bonds. The zero-order chi connectivity index (χ0) is 11.7. The van der Waals surface area contributed by atoms with E-state index in [-0.39, 0.29) is 12.1 Å². The van der Waals surface area contributed by atoms with Crippen molar-refractivity contribution in [2.75, 3.05) is 0 Å². The first-order chi connectivity index (χ1) is 8.36. The van der Waals surface area contributed by atoms with E-state index in [9.17, 15) is 5.11 Å². The molecule has 1 aliphatic carbocycles. The topological polar surface area (TPSA) is 38.0 Å². The van der Waals surface area contributed by atoms with Crippen molar-refractivity contribution in [2.24, 2.45) is 0 Å². The molecule has 3 nitrogen and oxygen atoms in total. The molecule has 17 heavy (non-hydrogen) atoms. The van der Waals surface area contributed by atoms with Crippen LogP contribution in [0.2, 0.25) is 0 Å². The predicted molar refractivity (Wildman–Crippen MR) is 69.1 cm³/mol. The van der Waals surface area contributed by atoms with E-state index < -0.39 is 0 Å². The van der Waals surface area contributed by atoms with E-state index in [1.54, 1.807) is 11.3 Å². The summed E-state index contributed by atoms with van der Waals surface area (Å²) in [5.74, 6) is 0.992. The number of imidazole rings is 1. The molecule has 4 heteroatoms. The number of aliphatic hydroxyl groups is 1. The van der Waals surface area contributed by atoms with E-state index >= 15 is 0 Å². The molecule has 1 saturated carbocycles. The van der Waals surface area contributed by atoms with Gasteiger partial charge in [0.25, 0.3) is 0 Å². The number of hydrogen-bond acceptors (Lipinski definition) is 3. The van der Waals surface area contributed by atoms with Gasteiger partial charge in [-0.2, -0.15) is 0 Å². The molecule has 0 spiro atoms. The number of aromatic nitrogens is 2. The van der Waals surface area contributed by atoms with E-state index in [2.05, 4.69) is 21.0 Å². The Balaban J connectivity index is 1.95. The van der Waals surface area contributed by atoms with E-state index in [4.69, 9.17) is 0 Å². The van der Waals surface area contributed by atoms with Gasteiger partial charge >= 0.3 is 0 Å². The van der Waals surface area contributed by atoms with Crippen LogP contribution in [0.4, 0.5) is 0 Å². The van der Waals surface area contributed by atoms with Crippen molar-refractivity contribution < 1.29 is 5.11 Å². The van der Waals surface area contributed by atoms with Crippen LogP contribution in [0.3, 0.4) is 0 Å². The Morgan fingerprint density at radius 3 is 3.00 bits per heavy atom. The van der Waals surface area contributed by atoms with Crippen LogP contribution in [0.15, 0.2) is 29.9 Å². The molecule has 2 aromatic heterocycles. The molecule has 0 unspecified atom stereocenters. The molecule has 0 saturated heterocycles. The molecule has 0 radical (unpaired) electrons. The molecule has 2 aromatic rings. The molecule has 90 valence electrons. The van der Waals surface area contributed by atoms with Crippen LogP contribution in [-0.4, -0.2) is 20.8 Å². The number of nitrogens with zero attached hydrogens (tertiary/aromatic N) is 2. The molecular formula is C13H16N2OS. The van der Waals surface area contributed by atoms with Gasteiger partial charge in [-0.1, -0.05) is 18.9 Å². The van der Waals surface area contributed by atoms with Crippen LogP contribution >= 0.6 is 11.3 Å². The third-order valence-corrected chi connectivity index (χ3v) is 4.33. The lowest BCUT2D eigenvalue weighted by Crippen LogP contribution is -2.27. The highest BCUT2D eigenvalue weighted by molar-refractivity contribution is 7.13. The van der Waals surface area contributed by atoms with Gasteiger partial charge in [-0.05, 0) is 24.3 Å².